The second-order valence-corrected chi connectivity index (χ2v) is 7.33. The third-order valence-electron chi connectivity index (χ3n) is 5.02. The first-order chi connectivity index (χ1) is 13.0. The average molecular weight is 368 g/mol. The van der Waals surface area contributed by atoms with Crippen LogP contribution in [0, 0.1) is 0 Å². The van der Waals surface area contributed by atoms with Crippen molar-refractivity contribution in [2.24, 2.45) is 0 Å². The Bertz CT molecular complexity index is 721. The van der Waals surface area contributed by atoms with E-state index in [1.54, 1.807) is 4.90 Å². The van der Waals surface area contributed by atoms with E-state index in [1.807, 2.05) is 48.5 Å². The van der Waals surface area contributed by atoms with Crippen LogP contribution in [0.5, 0.6) is 0 Å². The summed E-state index contributed by atoms with van der Waals surface area (Å²) in [5.74, 6) is 0. The highest BCUT2D eigenvalue weighted by molar-refractivity contribution is 5.68. The maximum absolute atomic E-state index is 12.4. The van der Waals surface area contributed by atoms with Crippen molar-refractivity contribution in [3.63, 3.8) is 0 Å². The molecule has 5 heteroatoms. The lowest BCUT2D eigenvalue weighted by molar-refractivity contribution is 0.0578. The van der Waals surface area contributed by atoms with E-state index < -0.39 is 6.10 Å². The molecule has 1 N–H and O–H groups in total. The number of β-amino-alcohol motifs (C(OH)–C–C–N with tert-alkyl or cyclic N) is 1. The van der Waals surface area contributed by atoms with Crippen LogP contribution in [0.25, 0.3) is 0 Å². The normalized spacial score (nSPS) is 19.7. The van der Waals surface area contributed by atoms with Crippen LogP contribution in [-0.4, -0.2) is 52.3 Å². The standard InChI is InChI=1S/C22H28N2O3/c1-17(2)24(13-18-9-5-3-6-10-18)20-14-23(15-21(20)25)22(26)27-16-19-11-7-4-8-12-19/h3-12,17,20-21,25H,13-16H2,1-2H3/t20-,21-/m0/s1. The van der Waals surface area contributed by atoms with Gasteiger partial charge in [0.2, 0.25) is 0 Å². The highest BCUT2D eigenvalue weighted by Gasteiger charge is 2.39. The first kappa shape index (κ1) is 19.4. The Morgan fingerprint density at radius 2 is 1.67 bits per heavy atom. The van der Waals surface area contributed by atoms with Crippen LogP contribution in [0.15, 0.2) is 60.7 Å². The van der Waals surface area contributed by atoms with Gasteiger partial charge in [0.1, 0.15) is 6.61 Å². The predicted molar refractivity (Wildman–Crippen MR) is 105 cm³/mol. The fourth-order valence-electron chi connectivity index (χ4n) is 3.53. The Kier molecular flexibility index (Phi) is 6.48. The van der Waals surface area contributed by atoms with Gasteiger partial charge in [0, 0.05) is 19.1 Å². The molecule has 1 amide bonds. The van der Waals surface area contributed by atoms with Gasteiger partial charge in [-0.2, -0.15) is 0 Å². The van der Waals surface area contributed by atoms with Crippen molar-refractivity contribution >= 4 is 6.09 Å². The van der Waals surface area contributed by atoms with Gasteiger partial charge in [-0.05, 0) is 25.0 Å². The number of aliphatic hydroxyl groups is 1. The Morgan fingerprint density at radius 1 is 1.07 bits per heavy atom. The molecular formula is C22H28N2O3. The topological polar surface area (TPSA) is 53.0 Å². The van der Waals surface area contributed by atoms with Crippen LogP contribution >= 0.6 is 0 Å². The number of carbonyl (C=O) groups excluding carboxylic acids is 1. The van der Waals surface area contributed by atoms with Crippen LogP contribution in [0.2, 0.25) is 0 Å². The second-order valence-electron chi connectivity index (χ2n) is 7.33. The van der Waals surface area contributed by atoms with Crippen LogP contribution in [0.4, 0.5) is 4.79 Å². The molecule has 0 radical (unpaired) electrons. The highest BCUT2D eigenvalue weighted by atomic mass is 16.6. The summed E-state index contributed by atoms with van der Waals surface area (Å²) in [6.07, 6.45) is -0.954. The summed E-state index contributed by atoms with van der Waals surface area (Å²) in [5.41, 5.74) is 2.15. The molecule has 144 valence electrons. The number of amides is 1. The quantitative estimate of drug-likeness (QED) is 0.850. The van der Waals surface area contributed by atoms with Gasteiger partial charge < -0.3 is 14.7 Å². The van der Waals surface area contributed by atoms with Gasteiger partial charge in [0.25, 0.3) is 0 Å². The number of nitrogens with zero attached hydrogens (tertiary/aromatic N) is 2. The first-order valence-corrected chi connectivity index (χ1v) is 9.48. The molecule has 1 saturated heterocycles. The summed E-state index contributed by atoms with van der Waals surface area (Å²) >= 11 is 0. The van der Waals surface area contributed by atoms with Gasteiger partial charge >= 0.3 is 6.09 Å². The minimum atomic E-state index is -0.583. The number of rotatable bonds is 6. The number of hydrogen-bond acceptors (Lipinski definition) is 4. The molecule has 5 nitrogen and oxygen atoms in total. The van der Waals surface area contributed by atoms with Gasteiger partial charge in [-0.15, -0.1) is 0 Å². The van der Waals surface area contributed by atoms with E-state index in [-0.39, 0.29) is 24.8 Å². The van der Waals surface area contributed by atoms with Crippen molar-refractivity contribution < 1.29 is 14.6 Å². The molecule has 0 saturated carbocycles. The predicted octanol–water partition coefficient (Wildman–Crippen LogP) is 3.28. The summed E-state index contributed by atoms with van der Waals surface area (Å²) < 4.78 is 5.42. The van der Waals surface area contributed by atoms with Crippen LogP contribution in [0.3, 0.4) is 0 Å². The van der Waals surface area contributed by atoms with Gasteiger partial charge in [-0.1, -0.05) is 60.7 Å². The van der Waals surface area contributed by atoms with Gasteiger partial charge in [0.15, 0.2) is 0 Å². The van der Waals surface area contributed by atoms with Gasteiger partial charge in [-0.3, -0.25) is 4.90 Å². The van der Waals surface area contributed by atoms with Crippen molar-refractivity contribution in [3.8, 4) is 0 Å². The fraction of sp³-hybridized carbons (Fsp3) is 0.409. The molecule has 2 aromatic rings. The van der Waals surface area contributed by atoms with Crippen molar-refractivity contribution in [2.75, 3.05) is 13.1 Å². The number of aliphatic hydroxyl groups excluding tert-OH is 1. The Hall–Kier alpha value is -2.37. The molecule has 3 rings (SSSR count). The number of hydrogen-bond donors (Lipinski definition) is 1. The summed E-state index contributed by atoms with van der Waals surface area (Å²) in [5, 5.41) is 10.6. The van der Waals surface area contributed by atoms with Crippen molar-refractivity contribution in [1.29, 1.82) is 0 Å². The van der Waals surface area contributed by atoms with E-state index in [9.17, 15) is 9.90 Å². The second kappa shape index (κ2) is 9.02. The average Bonchev–Trinajstić information content (AvgIpc) is 3.07. The molecule has 1 aliphatic rings. The molecule has 0 aromatic heterocycles. The largest absolute Gasteiger partial charge is 0.445 e. The van der Waals surface area contributed by atoms with Crippen LogP contribution in [0.1, 0.15) is 25.0 Å². The highest BCUT2D eigenvalue weighted by Crippen LogP contribution is 2.22. The molecule has 2 aromatic carbocycles. The van der Waals surface area contributed by atoms with E-state index >= 15 is 0 Å². The molecule has 0 unspecified atom stereocenters. The number of carbonyl (C=O) groups is 1. The number of benzene rings is 2. The minimum Gasteiger partial charge on any atom is -0.445 e. The fourth-order valence-corrected chi connectivity index (χ4v) is 3.53. The summed E-state index contributed by atoms with van der Waals surface area (Å²) in [4.78, 5) is 16.3. The third-order valence-corrected chi connectivity index (χ3v) is 5.02. The van der Waals surface area contributed by atoms with Crippen molar-refractivity contribution in [2.45, 2.75) is 45.2 Å². The lowest BCUT2D eigenvalue weighted by Gasteiger charge is -2.34. The molecule has 1 fully saturated rings. The molecular weight excluding hydrogens is 340 g/mol. The van der Waals surface area contributed by atoms with E-state index in [4.69, 9.17) is 4.74 Å². The van der Waals surface area contributed by atoms with E-state index in [0.29, 0.717) is 13.1 Å². The van der Waals surface area contributed by atoms with Crippen LogP contribution < -0.4 is 0 Å². The molecule has 1 heterocycles. The Balaban J connectivity index is 1.60. The van der Waals surface area contributed by atoms with Crippen molar-refractivity contribution in [3.05, 3.63) is 71.8 Å². The number of ether oxygens (including phenoxy) is 1. The zero-order valence-electron chi connectivity index (χ0n) is 16.0. The Morgan fingerprint density at radius 3 is 2.26 bits per heavy atom. The zero-order valence-corrected chi connectivity index (χ0v) is 16.0. The summed E-state index contributed by atoms with van der Waals surface area (Å²) in [6.45, 7) is 6.00. The monoisotopic (exact) mass is 368 g/mol. The Labute approximate surface area is 161 Å². The zero-order chi connectivity index (χ0) is 19.2. The third kappa shape index (κ3) is 5.08. The molecule has 2 atom stereocenters. The van der Waals surface area contributed by atoms with Gasteiger partial charge in [-0.25, -0.2) is 4.79 Å². The molecule has 0 aliphatic carbocycles. The molecule has 27 heavy (non-hydrogen) atoms. The lowest BCUT2D eigenvalue weighted by Crippen LogP contribution is -2.46. The minimum absolute atomic E-state index is 0.102. The van der Waals surface area contributed by atoms with E-state index in [0.717, 1.165) is 12.1 Å². The first-order valence-electron chi connectivity index (χ1n) is 9.48. The molecule has 1 aliphatic heterocycles. The SMILES string of the molecule is CC(C)N(Cc1ccccc1)[C@H]1CN(C(=O)OCc2ccccc2)C[C@@H]1O. The summed E-state index contributed by atoms with van der Waals surface area (Å²) in [7, 11) is 0. The van der Waals surface area contributed by atoms with Crippen LogP contribution in [-0.2, 0) is 17.9 Å². The number of likely N-dealkylation sites (tertiary alicyclic amines) is 1. The molecule has 0 spiro atoms. The maximum atomic E-state index is 12.4. The van der Waals surface area contributed by atoms with E-state index in [2.05, 4.69) is 30.9 Å². The van der Waals surface area contributed by atoms with Crippen molar-refractivity contribution in [1.82, 2.24) is 9.80 Å². The molecule has 0 bridgehead atoms. The lowest BCUT2D eigenvalue weighted by atomic mass is 10.1. The smallest absolute Gasteiger partial charge is 0.410 e. The van der Waals surface area contributed by atoms with E-state index in [1.165, 1.54) is 5.56 Å². The summed E-state index contributed by atoms with van der Waals surface area (Å²) in [6, 6.07) is 20.0. The van der Waals surface area contributed by atoms with Gasteiger partial charge in [0.05, 0.1) is 18.7 Å². The maximum Gasteiger partial charge on any atom is 0.410 e.